The molecule has 0 bridgehead atoms. The molecule has 2 amide bonds. The number of anilines is 1. The van der Waals surface area contributed by atoms with Crippen molar-refractivity contribution in [3.8, 4) is 5.82 Å². The number of amides is 2. The van der Waals surface area contributed by atoms with E-state index in [4.69, 9.17) is 11.6 Å². The van der Waals surface area contributed by atoms with E-state index in [2.05, 4.69) is 25.5 Å². The van der Waals surface area contributed by atoms with Gasteiger partial charge in [0.25, 0.3) is 0 Å². The molecular formula is C18H13ClF5N9O. The van der Waals surface area contributed by atoms with Gasteiger partial charge < -0.3 is 5.32 Å². The van der Waals surface area contributed by atoms with E-state index in [1.165, 1.54) is 24.7 Å². The molecule has 0 saturated carbocycles. The molecule has 5 rings (SSSR count). The second-order valence-corrected chi connectivity index (χ2v) is 7.81. The molecule has 10 nitrogen and oxygen atoms in total. The quantitative estimate of drug-likeness (QED) is 0.501. The summed E-state index contributed by atoms with van der Waals surface area (Å²) < 4.78 is 70.0. The molecule has 0 radical (unpaired) electrons. The SMILES string of the molecule is CN1[C@@H](F)C(F)=C2N=CC3=C(C(C(F)(F)F)CN3C(=O)Nc3cnc(-n4nccn4)c(Cl)c3)N21. The molecular weight excluding hydrogens is 489 g/mol. The summed E-state index contributed by atoms with van der Waals surface area (Å²) in [5.74, 6) is -3.94. The van der Waals surface area contributed by atoms with Crippen LogP contribution < -0.4 is 5.32 Å². The normalized spacial score (nSPS) is 22.6. The van der Waals surface area contributed by atoms with Crippen LogP contribution in [0.25, 0.3) is 5.82 Å². The van der Waals surface area contributed by atoms with Crippen molar-refractivity contribution >= 4 is 29.5 Å². The van der Waals surface area contributed by atoms with Gasteiger partial charge >= 0.3 is 12.2 Å². The van der Waals surface area contributed by atoms with E-state index < -0.39 is 48.3 Å². The van der Waals surface area contributed by atoms with Gasteiger partial charge in [0, 0.05) is 13.6 Å². The number of likely N-dealkylation sites (N-methyl/N-ethyl adjacent to an activating group) is 1. The molecule has 3 aliphatic heterocycles. The van der Waals surface area contributed by atoms with E-state index in [0.717, 1.165) is 23.0 Å². The van der Waals surface area contributed by atoms with Gasteiger partial charge in [-0.15, -0.1) is 4.80 Å². The van der Waals surface area contributed by atoms with E-state index in [1.54, 1.807) is 0 Å². The van der Waals surface area contributed by atoms with Crippen LogP contribution in [0.3, 0.4) is 0 Å². The molecule has 3 aliphatic rings. The zero-order chi connectivity index (χ0) is 24.4. The Morgan fingerprint density at radius 3 is 2.62 bits per heavy atom. The average Bonchev–Trinajstić information content (AvgIpc) is 3.48. The lowest BCUT2D eigenvalue weighted by molar-refractivity contribution is -0.171. The van der Waals surface area contributed by atoms with Crippen LogP contribution in [-0.2, 0) is 0 Å². The lowest BCUT2D eigenvalue weighted by Gasteiger charge is -2.33. The molecule has 16 heteroatoms. The molecule has 2 atom stereocenters. The number of hydrazine groups is 1. The first-order chi connectivity index (χ1) is 16.1. The van der Waals surface area contributed by atoms with Crippen molar-refractivity contribution in [2.75, 3.05) is 18.9 Å². The standard InChI is InChI=1S/C18H13ClF5N9O/c1-30-14(21)12(20)16-26-6-11-13(32(16)30)9(18(22,23)24)7-31(11)17(34)29-8-4-10(19)15(25-5-8)33-27-2-3-28-33/h2-6,9,14H,7H2,1H3,(H,29,34)/t9?,14-/m1/s1. The minimum atomic E-state index is -4.80. The maximum atomic E-state index is 14.2. The number of carbonyl (C=O) groups excluding carboxylic acids is 1. The van der Waals surface area contributed by atoms with Crippen LogP contribution >= 0.6 is 11.6 Å². The Labute approximate surface area is 192 Å². The number of nitrogens with zero attached hydrogens (tertiary/aromatic N) is 8. The number of aromatic nitrogens is 4. The third-order valence-electron chi connectivity index (χ3n) is 5.37. The van der Waals surface area contributed by atoms with Crippen LogP contribution in [0.2, 0.25) is 5.02 Å². The van der Waals surface area contributed by atoms with Crippen molar-refractivity contribution in [3.05, 3.63) is 52.7 Å². The van der Waals surface area contributed by atoms with Crippen LogP contribution in [0.1, 0.15) is 0 Å². The number of hydrogen-bond donors (Lipinski definition) is 1. The van der Waals surface area contributed by atoms with Gasteiger partial charge in [0.05, 0.1) is 46.9 Å². The van der Waals surface area contributed by atoms with Gasteiger partial charge in [0.15, 0.2) is 17.5 Å². The third-order valence-corrected chi connectivity index (χ3v) is 5.65. The first kappa shape index (κ1) is 22.2. The molecule has 0 aromatic carbocycles. The Morgan fingerprint density at radius 1 is 1.26 bits per heavy atom. The predicted molar refractivity (Wildman–Crippen MR) is 108 cm³/mol. The van der Waals surface area contributed by atoms with E-state index in [9.17, 15) is 26.7 Å². The summed E-state index contributed by atoms with van der Waals surface area (Å²) in [6.45, 7) is -0.821. The van der Waals surface area contributed by atoms with E-state index >= 15 is 0 Å². The molecule has 34 heavy (non-hydrogen) atoms. The summed E-state index contributed by atoms with van der Waals surface area (Å²) in [7, 11) is 1.09. The molecule has 0 fully saturated rings. The summed E-state index contributed by atoms with van der Waals surface area (Å²) in [5, 5.41) is 11.6. The lowest BCUT2D eigenvalue weighted by Crippen LogP contribution is -2.42. The number of halogens is 6. The summed E-state index contributed by atoms with van der Waals surface area (Å²) in [5.41, 5.74) is -0.652. The minimum absolute atomic E-state index is 0.0701. The number of nitrogens with one attached hydrogen (secondary N) is 1. The predicted octanol–water partition coefficient (Wildman–Crippen LogP) is 3.23. The number of alkyl halides is 4. The molecule has 0 spiro atoms. The van der Waals surface area contributed by atoms with Crippen molar-refractivity contribution in [2.24, 2.45) is 10.9 Å². The number of allylic oxidation sites excluding steroid dienone is 1. The smallest absolute Gasteiger partial charge is 0.306 e. The van der Waals surface area contributed by atoms with E-state index in [-0.39, 0.29) is 22.2 Å². The highest BCUT2D eigenvalue weighted by molar-refractivity contribution is 6.32. The zero-order valence-corrected chi connectivity index (χ0v) is 17.8. The molecule has 0 saturated heterocycles. The van der Waals surface area contributed by atoms with E-state index in [1.807, 2.05) is 0 Å². The third kappa shape index (κ3) is 3.38. The molecule has 1 unspecified atom stereocenters. The molecule has 0 aliphatic carbocycles. The number of aliphatic imine (C=N–C) groups is 1. The number of urea groups is 1. The van der Waals surface area contributed by atoms with Gasteiger partial charge in [0.2, 0.25) is 6.30 Å². The largest absolute Gasteiger partial charge is 0.399 e. The fraction of sp³-hybridized carbons (Fsp3) is 0.278. The minimum Gasteiger partial charge on any atom is -0.306 e. The second-order valence-electron chi connectivity index (χ2n) is 7.40. The molecule has 5 heterocycles. The summed E-state index contributed by atoms with van der Waals surface area (Å²) in [4.78, 5) is 22.7. The van der Waals surface area contributed by atoms with Gasteiger partial charge in [-0.1, -0.05) is 11.6 Å². The molecule has 1 N–H and O–H groups in total. The Balaban J connectivity index is 1.46. The van der Waals surface area contributed by atoms with Crippen molar-refractivity contribution in [1.82, 2.24) is 34.9 Å². The number of rotatable bonds is 2. The first-order valence-corrected chi connectivity index (χ1v) is 9.98. The van der Waals surface area contributed by atoms with Gasteiger partial charge in [-0.25, -0.2) is 23.6 Å². The maximum Gasteiger partial charge on any atom is 0.399 e. The highest BCUT2D eigenvalue weighted by Gasteiger charge is 2.56. The van der Waals surface area contributed by atoms with Crippen molar-refractivity contribution in [1.29, 1.82) is 0 Å². The van der Waals surface area contributed by atoms with E-state index in [0.29, 0.717) is 10.0 Å². The molecule has 178 valence electrons. The van der Waals surface area contributed by atoms with Crippen LogP contribution in [0.15, 0.2) is 52.7 Å². The highest BCUT2D eigenvalue weighted by atomic mass is 35.5. The Hall–Kier alpha value is -3.59. The summed E-state index contributed by atoms with van der Waals surface area (Å²) >= 11 is 6.17. The fourth-order valence-corrected chi connectivity index (χ4v) is 4.08. The summed E-state index contributed by atoms with van der Waals surface area (Å²) in [6.07, 6.45) is -2.15. The maximum absolute atomic E-state index is 14.2. The molecule has 2 aromatic rings. The fourth-order valence-electron chi connectivity index (χ4n) is 3.83. The first-order valence-electron chi connectivity index (χ1n) is 9.60. The van der Waals surface area contributed by atoms with Gasteiger partial charge in [-0.3, -0.25) is 9.91 Å². The van der Waals surface area contributed by atoms with Crippen molar-refractivity contribution in [2.45, 2.75) is 12.5 Å². The Morgan fingerprint density at radius 2 is 1.97 bits per heavy atom. The number of hydrogen-bond acceptors (Lipinski definition) is 7. The zero-order valence-electron chi connectivity index (χ0n) is 17.0. The number of fused-ring (bicyclic) bond motifs is 2. The highest BCUT2D eigenvalue weighted by Crippen LogP contribution is 2.47. The Bertz CT molecular complexity index is 1260. The molecule has 2 aromatic heterocycles. The van der Waals surface area contributed by atoms with Gasteiger partial charge in [-0.2, -0.15) is 28.4 Å². The lowest BCUT2D eigenvalue weighted by atomic mass is 10.1. The second kappa shape index (κ2) is 7.73. The van der Waals surface area contributed by atoms with Crippen LogP contribution in [0.5, 0.6) is 0 Å². The number of pyridine rings is 1. The Kier molecular flexibility index (Phi) is 5.05. The van der Waals surface area contributed by atoms with Crippen LogP contribution in [0, 0.1) is 5.92 Å². The van der Waals surface area contributed by atoms with Crippen LogP contribution in [0.4, 0.5) is 32.4 Å². The van der Waals surface area contributed by atoms with Crippen molar-refractivity contribution < 1.29 is 26.7 Å². The monoisotopic (exact) mass is 501 g/mol. The van der Waals surface area contributed by atoms with Crippen molar-refractivity contribution in [3.63, 3.8) is 0 Å². The number of carbonyl (C=O) groups is 1. The summed E-state index contributed by atoms with van der Waals surface area (Å²) in [6, 6.07) is 0.380. The van der Waals surface area contributed by atoms with Crippen LogP contribution in [-0.4, -0.2) is 73.2 Å². The average molecular weight is 502 g/mol. The van der Waals surface area contributed by atoms with Gasteiger partial charge in [0.1, 0.15) is 5.92 Å². The topological polar surface area (TPSA) is 94.8 Å². The van der Waals surface area contributed by atoms with Gasteiger partial charge in [-0.05, 0) is 6.07 Å².